The Labute approximate surface area is 250 Å². The van der Waals surface area contributed by atoms with Crippen molar-refractivity contribution in [2.75, 3.05) is 6.54 Å². The second-order valence-corrected chi connectivity index (χ2v) is 9.19. The van der Waals surface area contributed by atoms with Gasteiger partial charge in [0.15, 0.2) is 0 Å². The number of benzene rings is 3. The van der Waals surface area contributed by atoms with Gasteiger partial charge in [-0.15, -0.1) is 17.4 Å². The third-order valence-electron chi connectivity index (χ3n) is 5.99. The van der Waals surface area contributed by atoms with E-state index in [1.807, 2.05) is 55.5 Å². The maximum Gasteiger partial charge on any atom is 0.437 e. The topological polar surface area (TPSA) is 164 Å². The summed E-state index contributed by atoms with van der Waals surface area (Å²) in [6.45, 7) is 2.18. The predicted molar refractivity (Wildman–Crippen MR) is 161 cm³/mol. The molecule has 224 valence electrons. The molecule has 0 bridgehead atoms. The third kappa shape index (κ3) is 12.3. The van der Waals surface area contributed by atoms with Crippen LogP contribution in [0.1, 0.15) is 42.5 Å². The number of nitrogens with one attached hydrogen (secondary N) is 3. The van der Waals surface area contributed by atoms with E-state index in [1.54, 1.807) is 36.4 Å². The van der Waals surface area contributed by atoms with Crippen molar-refractivity contribution in [2.45, 2.75) is 45.1 Å². The van der Waals surface area contributed by atoms with Crippen molar-refractivity contribution < 1.29 is 29.0 Å². The molecular weight excluding hydrogens is 562 g/mol. The molecule has 0 spiro atoms. The molecule has 2 atom stereocenters. The smallest absolute Gasteiger partial charge is 0.437 e. The van der Waals surface area contributed by atoms with Gasteiger partial charge in [0, 0.05) is 12.6 Å². The molecule has 0 radical (unpaired) electrons. The number of carbonyl (C=O) groups excluding carboxylic acids is 3. The summed E-state index contributed by atoms with van der Waals surface area (Å²) in [7, 11) is 0. The van der Waals surface area contributed by atoms with E-state index >= 15 is 0 Å². The number of phenolic OH excluding ortho intramolecular Hbond substituents is 1. The number of primary amides is 1. The highest BCUT2D eigenvalue weighted by molar-refractivity contribution is 5.98. The van der Waals surface area contributed by atoms with Gasteiger partial charge in [-0.2, -0.15) is 0 Å². The van der Waals surface area contributed by atoms with E-state index < -0.39 is 24.1 Å². The Morgan fingerprint density at radius 3 is 2.02 bits per heavy atom. The molecule has 0 aliphatic heterocycles. The third-order valence-corrected chi connectivity index (χ3v) is 5.99. The first-order chi connectivity index (χ1) is 19.8. The van der Waals surface area contributed by atoms with Gasteiger partial charge in [-0.1, -0.05) is 72.8 Å². The fourth-order valence-electron chi connectivity index (χ4n) is 3.79. The lowest BCUT2D eigenvalue weighted by molar-refractivity contribution is -0.120. The van der Waals surface area contributed by atoms with Crippen LogP contribution in [-0.2, 0) is 27.5 Å². The molecule has 0 saturated heterocycles. The maximum absolute atomic E-state index is 12.4. The van der Waals surface area contributed by atoms with E-state index in [0.717, 1.165) is 16.7 Å². The lowest BCUT2D eigenvalue weighted by Gasteiger charge is -2.21. The average Bonchev–Trinajstić information content (AvgIpc) is 2.97. The SMILES string of the molecule is C[C@@H](N[C@H](CCCNC(=NC(=O)OCc1ccccc1)NC(=O)OCc1ccccc1)C(N)=O)c1ccc(O)cc1.Cl. The van der Waals surface area contributed by atoms with Crippen molar-refractivity contribution in [1.29, 1.82) is 0 Å². The molecule has 3 amide bonds. The highest BCUT2D eigenvalue weighted by Crippen LogP contribution is 2.17. The van der Waals surface area contributed by atoms with Crippen LogP contribution in [0.4, 0.5) is 9.59 Å². The number of alkyl carbamates (subject to hydrolysis) is 1. The lowest BCUT2D eigenvalue weighted by Crippen LogP contribution is -2.44. The van der Waals surface area contributed by atoms with Crippen molar-refractivity contribution in [1.82, 2.24) is 16.0 Å². The summed E-state index contributed by atoms with van der Waals surface area (Å²) < 4.78 is 10.4. The van der Waals surface area contributed by atoms with E-state index in [4.69, 9.17) is 15.2 Å². The molecule has 0 saturated carbocycles. The van der Waals surface area contributed by atoms with Gasteiger partial charge in [0.1, 0.15) is 19.0 Å². The van der Waals surface area contributed by atoms with Crippen LogP contribution >= 0.6 is 12.4 Å². The van der Waals surface area contributed by atoms with Crippen molar-refractivity contribution in [3.63, 3.8) is 0 Å². The number of hydrogen-bond acceptors (Lipinski definition) is 7. The second-order valence-electron chi connectivity index (χ2n) is 9.19. The van der Waals surface area contributed by atoms with Gasteiger partial charge < -0.3 is 25.6 Å². The highest BCUT2D eigenvalue weighted by atomic mass is 35.5. The number of carbonyl (C=O) groups is 3. The van der Waals surface area contributed by atoms with Crippen LogP contribution in [-0.4, -0.2) is 41.7 Å². The first-order valence-electron chi connectivity index (χ1n) is 13.2. The first kappa shape index (κ1) is 33.6. The quantitative estimate of drug-likeness (QED) is 0.117. The molecule has 0 unspecified atom stereocenters. The molecule has 3 aromatic carbocycles. The number of guanidine groups is 1. The number of nitrogens with zero attached hydrogens (tertiary/aromatic N) is 1. The van der Waals surface area contributed by atoms with Crippen molar-refractivity contribution in [3.05, 3.63) is 102 Å². The van der Waals surface area contributed by atoms with Crippen molar-refractivity contribution in [3.8, 4) is 5.75 Å². The van der Waals surface area contributed by atoms with Gasteiger partial charge in [0.25, 0.3) is 0 Å². The zero-order valence-electron chi connectivity index (χ0n) is 23.2. The number of aromatic hydroxyl groups is 1. The lowest BCUT2D eigenvalue weighted by atomic mass is 10.0. The standard InChI is InChI=1S/C30H35N5O6.ClH/c1-21(24-14-16-25(36)17-15-24)33-26(27(31)37)13-8-18-32-28(34-29(38)40-19-22-9-4-2-5-10-22)35-30(39)41-20-23-11-6-3-7-12-23;/h2-7,9-12,14-17,21,26,33,36H,8,13,18-20H2,1H3,(H2,31,37)(H2,32,34,35,38,39);1H/t21-,26-;/m1./s1. The number of nitrogens with two attached hydrogens (primary N) is 1. The van der Waals surface area contributed by atoms with Crippen LogP contribution in [0.15, 0.2) is 89.9 Å². The molecule has 0 heterocycles. The predicted octanol–water partition coefficient (Wildman–Crippen LogP) is 4.31. The van der Waals surface area contributed by atoms with Crippen LogP contribution < -0.4 is 21.7 Å². The molecule has 0 aromatic heterocycles. The second kappa shape index (κ2) is 17.9. The average molecular weight is 598 g/mol. The fraction of sp³-hybridized carbons (Fsp3) is 0.267. The normalized spacial score (nSPS) is 12.3. The van der Waals surface area contributed by atoms with Crippen LogP contribution in [0.5, 0.6) is 5.75 Å². The Hall–Kier alpha value is -4.61. The van der Waals surface area contributed by atoms with E-state index in [1.165, 1.54) is 0 Å². The molecule has 42 heavy (non-hydrogen) atoms. The first-order valence-corrected chi connectivity index (χ1v) is 13.2. The Bertz CT molecular complexity index is 1290. The zero-order chi connectivity index (χ0) is 29.5. The summed E-state index contributed by atoms with van der Waals surface area (Å²) in [5.41, 5.74) is 8.07. The Morgan fingerprint density at radius 1 is 0.881 bits per heavy atom. The van der Waals surface area contributed by atoms with Crippen LogP contribution in [0.3, 0.4) is 0 Å². The van der Waals surface area contributed by atoms with Crippen LogP contribution in [0.2, 0.25) is 0 Å². The monoisotopic (exact) mass is 597 g/mol. The number of amides is 3. The maximum atomic E-state index is 12.4. The minimum Gasteiger partial charge on any atom is -0.508 e. The van der Waals surface area contributed by atoms with Gasteiger partial charge in [0.05, 0.1) is 6.04 Å². The Morgan fingerprint density at radius 2 is 1.45 bits per heavy atom. The summed E-state index contributed by atoms with van der Waals surface area (Å²) >= 11 is 0. The molecule has 3 aromatic rings. The van der Waals surface area contributed by atoms with Gasteiger partial charge in [-0.3, -0.25) is 15.4 Å². The molecule has 0 aliphatic carbocycles. The Balaban J connectivity index is 0.00000616. The molecule has 0 aliphatic rings. The van der Waals surface area contributed by atoms with Gasteiger partial charge in [-0.25, -0.2) is 9.59 Å². The number of rotatable bonds is 12. The molecule has 6 N–H and O–H groups in total. The largest absolute Gasteiger partial charge is 0.508 e. The molecule has 3 rings (SSSR count). The summed E-state index contributed by atoms with van der Waals surface area (Å²) in [4.78, 5) is 40.7. The van der Waals surface area contributed by atoms with E-state index in [0.29, 0.717) is 12.8 Å². The van der Waals surface area contributed by atoms with Crippen molar-refractivity contribution in [2.24, 2.45) is 10.7 Å². The van der Waals surface area contributed by atoms with Gasteiger partial charge >= 0.3 is 12.2 Å². The number of halogens is 1. The number of aliphatic imine (C=N–C) groups is 1. The summed E-state index contributed by atoms with van der Waals surface area (Å²) in [5, 5.41) is 18.0. The summed E-state index contributed by atoms with van der Waals surface area (Å²) in [6, 6.07) is 24.1. The minimum atomic E-state index is -0.904. The zero-order valence-corrected chi connectivity index (χ0v) is 24.0. The van der Waals surface area contributed by atoms with E-state index in [-0.39, 0.29) is 49.9 Å². The minimum absolute atomic E-state index is 0. The van der Waals surface area contributed by atoms with E-state index in [2.05, 4.69) is 20.9 Å². The molecule has 11 nitrogen and oxygen atoms in total. The summed E-state index contributed by atoms with van der Waals surface area (Å²) in [6.07, 6.45) is -0.897. The van der Waals surface area contributed by atoms with Crippen molar-refractivity contribution >= 4 is 36.5 Å². The number of hydrogen-bond donors (Lipinski definition) is 5. The summed E-state index contributed by atoms with van der Waals surface area (Å²) in [5.74, 6) is -0.517. The van der Waals surface area contributed by atoms with E-state index in [9.17, 15) is 19.5 Å². The highest BCUT2D eigenvalue weighted by Gasteiger charge is 2.19. The Kier molecular flexibility index (Phi) is 14.4. The fourth-order valence-corrected chi connectivity index (χ4v) is 3.79. The van der Waals surface area contributed by atoms with Gasteiger partial charge in [-0.05, 0) is 48.6 Å². The number of ether oxygens (including phenoxy) is 2. The van der Waals surface area contributed by atoms with Crippen LogP contribution in [0.25, 0.3) is 0 Å². The molecule has 12 heteroatoms. The number of phenols is 1. The van der Waals surface area contributed by atoms with Gasteiger partial charge in [0.2, 0.25) is 11.9 Å². The van der Waals surface area contributed by atoms with Crippen LogP contribution in [0, 0.1) is 0 Å². The molecular formula is C30H36ClN5O6. The molecule has 0 fully saturated rings.